The van der Waals surface area contributed by atoms with Crippen LogP contribution in [0, 0.1) is 5.92 Å². The number of carbonyl (C=O) groups is 1. The van der Waals surface area contributed by atoms with Gasteiger partial charge in [-0.1, -0.05) is 20.3 Å². The summed E-state index contributed by atoms with van der Waals surface area (Å²) in [5.74, 6) is 0.855. The molecule has 12 heavy (non-hydrogen) atoms. The van der Waals surface area contributed by atoms with Crippen LogP contribution in [0.15, 0.2) is 0 Å². The highest BCUT2D eigenvalue weighted by atomic mass is 16.1. The van der Waals surface area contributed by atoms with Crippen molar-refractivity contribution in [2.24, 2.45) is 5.92 Å². The lowest BCUT2D eigenvalue weighted by Gasteiger charge is -2.10. The molecule has 0 spiro atoms. The van der Waals surface area contributed by atoms with Crippen molar-refractivity contribution in [2.75, 3.05) is 0 Å². The predicted molar refractivity (Wildman–Crippen MR) is 52.0 cm³/mol. The van der Waals surface area contributed by atoms with Crippen LogP contribution in [0.1, 0.15) is 47.0 Å². The third-order valence-electron chi connectivity index (χ3n) is 2.01. The summed E-state index contributed by atoms with van der Waals surface area (Å²) >= 11 is 0. The highest BCUT2D eigenvalue weighted by Gasteiger charge is 2.05. The quantitative estimate of drug-likeness (QED) is 0.676. The molecule has 0 saturated heterocycles. The monoisotopic (exact) mass is 171 g/mol. The van der Waals surface area contributed by atoms with E-state index in [9.17, 15) is 4.79 Å². The molecule has 1 unspecified atom stereocenters. The van der Waals surface area contributed by atoms with E-state index in [0.29, 0.717) is 12.3 Å². The Kier molecular flexibility index (Phi) is 5.77. The smallest absolute Gasteiger partial charge is 0.220 e. The number of nitrogens with one attached hydrogen (secondary N) is 1. The Morgan fingerprint density at radius 1 is 1.33 bits per heavy atom. The molecule has 72 valence electrons. The lowest BCUT2D eigenvalue weighted by molar-refractivity contribution is -0.121. The fourth-order valence-corrected chi connectivity index (χ4v) is 0.976. The van der Waals surface area contributed by atoms with Crippen molar-refractivity contribution < 1.29 is 4.79 Å². The van der Waals surface area contributed by atoms with Gasteiger partial charge < -0.3 is 5.32 Å². The van der Waals surface area contributed by atoms with Gasteiger partial charge in [0.1, 0.15) is 0 Å². The maximum atomic E-state index is 11.2. The molecule has 0 aliphatic heterocycles. The van der Waals surface area contributed by atoms with E-state index in [2.05, 4.69) is 19.2 Å². The van der Waals surface area contributed by atoms with Crippen molar-refractivity contribution in [3.63, 3.8) is 0 Å². The highest BCUT2D eigenvalue weighted by molar-refractivity contribution is 5.76. The van der Waals surface area contributed by atoms with Crippen LogP contribution in [-0.2, 0) is 4.79 Å². The first-order valence-corrected chi connectivity index (χ1v) is 4.85. The predicted octanol–water partition coefficient (Wildman–Crippen LogP) is 2.34. The van der Waals surface area contributed by atoms with Crippen molar-refractivity contribution in [1.29, 1.82) is 0 Å². The van der Waals surface area contributed by atoms with E-state index < -0.39 is 0 Å². The molecule has 0 radical (unpaired) electrons. The van der Waals surface area contributed by atoms with E-state index >= 15 is 0 Å². The standard InChI is InChI=1S/C10H21NO/c1-5-9(4)6-7-10(12)11-8(2)3/h8-9H,5-7H2,1-4H3,(H,11,12). The number of carbonyl (C=O) groups excluding carboxylic acids is 1. The van der Waals surface area contributed by atoms with Crippen LogP contribution in [0.25, 0.3) is 0 Å². The summed E-state index contributed by atoms with van der Waals surface area (Å²) in [6, 6.07) is 0.273. The SMILES string of the molecule is CCC(C)CCC(=O)NC(C)C. The van der Waals surface area contributed by atoms with Gasteiger partial charge in [0.25, 0.3) is 0 Å². The molecule has 1 amide bonds. The minimum atomic E-state index is 0.185. The molecule has 0 aliphatic rings. The number of amides is 1. The van der Waals surface area contributed by atoms with Crippen LogP contribution in [0.5, 0.6) is 0 Å². The second-order valence-corrected chi connectivity index (χ2v) is 3.77. The molecule has 1 atom stereocenters. The van der Waals surface area contributed by atoms with Crippen LogP contribution >= 0.6 is 0 Å². The van der Waals surface area contributed by atoms with Crippen LogP contribution in [-0.4, -0.2) is 11.9 Å². The van der Waals surface area contributed by atoms with Gasteiger partial charge in [0.05, 0.1) is 0 Å². The minimum absolute atomic E-state index is 0.185. The molecule has 0 aromatic heterocycles. The fourth-order valence-electron chi connectivity index (χ4n) is 0.976. The number of hydrogen-bond acceptors (Lipinski definition) is 1. The Bertz CT molecular complexity index is 132. The largest absolute Gasteiger partial charge is 0.354 e. The Hall–Kier alpha value is -0.530. The van der Waals surface area contributed by atoms with Crippen molar-refractivity contribution in [1.82, 2.24) is 5.32 Å². The van der Waals surface area contributed by atoms with E-state index in [1.807, 2.05) is 13.8 Å². The Morgan fingerprint density at radius 3 is 2.33 bits per heavy atom. The average Bonchev–Trinajstić information content (AvgIpc) is 1.99. The zero-order valence-corrected chi connectivity index (χ0v) is 8.68. The lowest BCUT2D eigenvalue weighted by Crippen LogP contribution is -2.30. The summed E-state index contributed by atoms with van der Waals surface area (Å²) in [6.45, 7) is 8.32. The molecule has 2 heteroatoms. The van der Waals surface area contributed by atoms with Gasteiger partial charge in [0.2, 0.25) is 5.91 Å². The molecular weight excluding hydrogens is 150 g/mol. The van der Waals surface area contributed by atoms with Gasteiger partial charge in [-0.25, -0.2) is 0 Å². The summed E-state index contributed by atoms with van der Waals surface area (Å²) in [5, 5.41) is 2.88. The van der Waals surface area contributed by atoms with Gasteiger partial charge in [0.15, 0.2) is 0 Å². The fraction of sp³-hybridized carbons (Fsp3) is 0.900. The van der Waals surface area contributed by atoms with Crippen molar-refractivity contribution in [3.05, 3.63) is 0 Å². The Morgan fingerprint density at radius 2 is 1.92 bits per heavy atom. The molecule has 0 aromatic rings. The summed E-state index contributed by atoms with van der Waals surface area (Å²) < 4.78 is 0. The normalized spacial score (nSPS) is 13.1. The summed E-state index contributed by atoms with van der Waals surface area (Å²) in [6.07, 6.45) is 2.84. The summed E-state index contributed by atoms with van der Waals surface area (Å²) in [5.41, 5.74) is 0. The molecule has 0 bridgehead atoms. The molecule has 1 N–H and O–H groups in total. The van der Waals surface area contributed by atoms with E-state index in [0.717, 1.165) is 12.8 Å². The van der Waals surface area contributed by atoms with E-state index in [-0.39, 0.29) is 11.9 Å². The average molecular weight is 171 g/mol. The van der Waals surface area contributed by atoms with Crippen LogP contribution in [0.3, 0.4) is 0 Å². The van der Waals surface area contributed by atoms with Gasteiger partial charge in [0, 0.05) is 12.5 Å². The van der Waals surface area contributed by atoms with E-state index in [1.54, 1.807) is 0 Å². The highest BCUT2D eigenvalue weighted by Crippen LogP contribution is 2.08. The molecule has 0 fully saturated rings. The topological polar surface area (TPSA) is 29.1 Å². The first-order valence-electron chi connectivity index (χ1n) is 4.85. The van der Waals surface area contributed by atoms with Crippen LogP contribution in [0.4, 0.5) is 0 Å². The first-order chi connectivity index (χ1) is 5.56. The molecule has 0 heterocycles. The Balaban J connectivity index is 3.44. The van der Waals surface area contributed by atoms with Crippen LogP contribution in [0.2, 0.25) is 0 Å². The lowest BCUT2D eigenvalue weighted by atomic mass is 10.0. The van der Waals surface area contributed by atoms with Crippen molar-refractivity contribution in [2.45, 2.75) is 53.0 Å². The van der Waals surface area contributed by atoms with Gasteiger partial charge >= 0.3 is 0 Å². The minimum Gasteiger partial charge on any atom is -0.354 e. The second kappa shape index (κ2) is 6.04. The summed E-state index contributed by atoms with van der Waals surface area (Å²) in [7, 11) is 0. The summed E-state index contributed by atoms with van der Waals surface area (Å²) in [4.78, 5) is 11.2. The third kappa shape index (κ3) is 6.20. The molecular formula is C10H21NO. The molecule has 0 saturated carbocycles. The zero-order valence-electron chi connectivity index (χ0n) is 8.68. The van der Waals surface area contributed by atoms with Gasteiger partial charge in [-0.05, 0) is 26.2 Å². The second-order valence-electron chi connectivity index (χ2n) is 3.77. The Labute approximate surface area is 75.7 Å². The molecule has 0 aliphatic carbocycles. The molecule has 0 aromatic carbocycles. The maximum Gasteiger partial charge on any atom is 0.220 e. The van der Waals surface area contributed by atoms with Crippen molar-refractivity contribution in [3.8, 4) is 0 Å². The number of hydrogen-bond donors (Lipinski definition) is 1. The number of rotatable bonds is 5. The third-order valence-corrected chi connectivity index (χ3v) is 2.01. The maximum absolute atomic E-state index is 11.2. The molecule has 2 nitrogen and oxygen atoms in total. The van der Waals surface area contributed by atoms with E-state index in [1.165, 1.54) is 0 Å². The molecule has 0 rings (SSSR count). The van der Waals surface area contributed by atoms with Crippen LogP contribution < -0.4 is 5.32 Å². The van der Waals surface area contributed by atoms with E-state index in [4.69, 9.17) is 0 Å². The van der Waals surface area contributed by atoms with Gasteiger partial charge in [-0.15, -0.1) is 0 Å². The first kappa shape index (κ1) is 11.5. The zero-order chi connectivity index (χ0) is 9.56. The van der Waals surface area contributed by atoms with Gasteiger partial charge in [-0.2, -0.15) is 0 Å². The van der Waals surface area contributed by atoms with Crippen molar-refractivity contribution >= 4 is 5.91 Å². The van der Waals surface area contributed by atoms with Gasteiger partial charge in [-0.3, -0.25) is 4.79 Å².